The van der Waals surface area contributed by atoms with E-state index in [1.807, 2.05) is 6.92 Å². The Morgan fingerprint density at radius 2 is 2.18 bits per heavy atom. The van der Waals surface area contributed by atoms with Crippen LogP contribution in [0.25, 0.3) is 0 Å². The zero-order valence-electron chi connectivity index (χ0n) is 9.48. The van der Waals surface area contributed by atoms with Crippen LogP contribution in [0.5, 0.6) is 0 Å². The quantitative estimate of drug-likeness (QED) is 0.829. The third kappa shape index (κ3) is 2.90. The van der Waals surface area contributed by atoms with Crippen molar-refractivity contribution in [3.8, 4) is 0 Å². The Balaban J connectivity index is 2.28. The summed E-state index contributed by atoms with van der Waals surface area (Å²) in [5.74, 6) is 0. The Kier molecular flexibility index (Phi) is 4.25. The van der Waals surface area contributed by atoms with Crippen LogP contribution in [0, 0.1) is 6.92 Å². The van der Waals surface area contributed by atoms with Crippen molar-refractivity contribution in [2.45, 2.75) is 17.6 Å². The van der Waals surface area contributed by atoms with E-state index in [2.05, 4.69) is 15.9 Å². The molecule has 0 spiro atoms. The monoisotopic (exact) mass is 339 g/mol. The number of hydrogen-bond acceptors (Lipinski definition) is 4. The van der Waals surface area contributed by atoms with Crippen LogP contribution in [0.4, 0.5) is 0 Å². The van der Waals surface area contributed by atoms with Gasteiger partial charge in [-0.05, 0) is 40.9 Å². The Morgan fingerprint density at radius 1 is 1.41 bits per heavy atom. The van der Waals surface area contributed by atoms with Crippen molar-refractivity contribution < 1.29 is 13.2 Å². The number of aryl methyl sites for hydroxylation is 1. The highest BCUT2D eigenvalue weighted by Crippen LogP contribution is 2.32. The summed E-state index contributed by atoms with van der Waals surface area (Å²) in [6, 6.07) is 1.72. The molecule has 1 aromatic rings. The molecule has 0 unspecified atom stereocenters. The zero-order chi connectivity index (χ0) is 12.5. The number of sulfonamides is 1. The summed E-state index contributed by atoms with van der Waals surface area (Å²) in [6.45, 7) is 3.99. The summed E-state index contributed by atoms with van der Waals surface area (Å²) in [7, 11) is -3.35. The van der Waals surface area contributed by atoms with Gasteiger partial charge in [0.1, 0.15) is 4.21 Å². The summed E-state index contributed by atoms with van der Waals surface area (Å²) >= 11 is 4.63. The molecule has 0 aromatic carbocycles. The van der Waals surface area contributed by atoms with Crippen molar-refractivity contribution in [3.63, 3.8) is 0 Å². The van der Waals surface area contributed by atoms with Gasteiger partial charge in [-0.3, -0.25) is 0 Å². The lowest BCUT2D eigenvalue weighted by Crippen LogP contribution is -2.32. The highest BCUT2D eigenvalue weighted by atomic mass is 79.9. The molecular weight excluding hydrogens is 326 g/mol. The second-order valence-electron chi connectivity index (χ2n) is 3.89. The largest absolute Gasteiger partial charge is 0.380 e. The van der Waals surface area contributed by atoms with Crippen LogP contribution in [0.2, 0.25) is 0 Å². The van der Waals surface area contributed by atoms with Crippen LogP contribution < -0.4 is 0 Å². The van der Waals surface area contributed by atoms with E-state index in [1.54, 1.807) is 6.07 Å². The second-order valence-corrected chi connectivity index (χ2v) is 8.43. The minimum atomic E-state index is -3.35. The Labute approximate surface area is 114 Å². The van der Waals surface area contributed by atoms with Crippen molar-refractivity contribution in [2.24, 2.45) is 0 Å². The molecule has 2 heterocycles. The van der Waals surface area contributed by atoms with Crippen LogP contribution >= 0.6 is 27.3 Å². The van der Waals surface area contributed by atoms with Crippen LogP contribution in [0.15, 0.2) is 14.1 Å². The van der Waals surface area contributed by atoms with Crippen molar-refractivity contribution in [1.82, 2.24) is 4.31 Å². The zero-order valence-corrected chi connectivity index (χ0v) is 12.7. The summed E-state index contributed by atoms with van der Waals surface area (Å²) in [5, 5.41) is 0. The molecule has 0 N–H and O–H groups in total. The third-order valence-corrected chi connectivity index (χ3v) is 7.09. The van der Waals surface area contributed by atoms with Gasteiger partial charge in [-0.15, -0.1) is 11.3 Å². The minimum absolute atomic E-state index is 0.406. The molecule has 17 heavy (non-hydrogen) atoms. The lowest BCUT2D eigenvalue weighted by molar-refractivity contribution is 0.148. The Morgan fingerprint density at radius 3 is 2.82 bits per heavy atom. The highest BCUT2D eigenvalue weighted by molar-refractivity contribution is 9.11. The fourth-order valence-corrected chi connectivity index (χ4v) is 5.49. The van der Waals surface area contributed by atoms with Crippen molar-refractivity contribution in [1.29, 1.82) is 0 Å². The molecule has 2 rings (SSSR count). The molecule has 96 valence electrons. The minimum Gasteiger partial charge on any atom is -0.380 e. The van der Waals surface area contributed by atoms with Gasteiger partial charge in [0, 0.05) is 19.7 Å². The van der Waals surface area contributed by atoms with E-state index in [-0.39, 0.29) is 0 Å². The lowest BCUT2D eigenvalue weighted by atomic mass is 10.4. The van der Waals surface area contributed by atoms with Gasteiger partial charge < -0.3 is 4.74 Å². The summed E-state index contributed by atoms with van der Waals surface area (Å²) < 4.78 is 32.8. The molecule has 7 heteroatoms. The van der Waals surface area contributed by atoms with Crippen LogP contribution in [0.3, 0.4) is 0 Å². The molecule has 0 saturated carbocycles. The Bertz CT molecular complexity index is 470. The van der Waals surface area contributed by atoms with E-state index in [0.717, 1.165) is 15.8 Å². The van der Waals surface area contributed by atoms with E-state index in [9.17, 15) is 8.42 Å². The van der Waals surface area contributed by atoms with Crippen molar-refractivity contribution >= 4 is 37.3 Å². The van der Waals surface area contributed by atoms with Crippen LogP contribution in [0.1, 0.15) is 12.0 Å². The predicted octanol–water partition coefficient (Wildman–Crippen LogP) is 2.23. The first-order chi connectivity index (χ1) is 8.01. The van der Waals surface area contributed by atoms with Crippen LogP contribution in [-0.2, 0) is 14.8 Å². The molecule has 0 radical (unpaired) electrons. The highest BCUT2D eigenvalue weighted by Gasteiger charge is 2.27. The van der Waals surface area contributed by atoms with E-state index in [0.29, 0.717) is 30.5 Å². The summed E-state index contributed by atoms with van der Waals surface area (Å²) in [4.78, 5) is 0. The average Bonchev–Trinajstić information content (AvgIpc) is 2.54. The number of rotatable bonds is 2. The SMILES string of the molecule is Cc1cc(S(=O)(=O)N2CCCOCC2)sc1Br. The first-order valence-electron chi connectivity index (χ1n) is 5.35. The first-order valence-corrected chi connectivity index (χ1v) is 8.40. The molecule has 0 aliphatic carbocycles. The maximum Gasteiger partial charge on any atom is 0.252 e. The van der Waals surface area contributed by atoms with Gasteiger partial charge in [-0.2, -0.15) is 4.31 Å². The van der Waals surface area contributed by atoms with Gasteiger partial charge in [0.2, 0.25) is 0 Å². The fourth-order valence-electron chi connectivity index (χ4n) is 1.65. The third-order valence-electron chi connectivity index (χ3n) is 2.61. The molecule has 0 amide bonds. The number of ether oxygens (including phenoxy) is 1. The number of halogens is 1. The van der Waals surface area contributed by atoms with Gasteiger partial charge in [0.15, 0.2) is 0 Å². The average molecular weight is 340 g/mol. The van der Waals surface area contributed by atoms with Gasteiger partial charge in [-0.1, -0.05) is 0 Å². The maximum absolute atomic E-state index is 12.4. The maximum atomic E-state index is 12.4. The molecule has 1 aliphatic heterocycles. The van der Waals surface area contributed by atoms with Gasteiger partial charge >= 0.3 is 0 Å². The van der Waals surface area contributed by atoms with E-state index in [1.165, 1.54) is 15.6 Å². The normalized spacial score (nSPS) is 19.2. The fraction of sp³-hybridized carbons (Fsp3) is 0.600. The predicted molar refractivity (Wildman–Crippen MR) is 71.0 cm³/mol. The number of hydrogen-bond donors (Lipinski definition) is 0. The topological polar surface area (TPSA) is 46.6 Å². The Hall–Kier alpha value is 0.0500. The molecule has 0 atom stereocenters. The summed E-state index contributed by atoms with van der Waals surface area (Å²) in [6.07, 6.45) is 0.755. The molecular formula is C10H14BrNO3S2. The van der Waals surface area contributed by atoms with Crippen molar-refractivity contribution in [3.05, 3.63) is 15.4 Å². The molecule has 1 fully saturated rings. The standard InChI is InChI=1S/C10H14BrNO3S2/c1-8-7-9(16-10(8)11)17(13,14)12-3-2-5-15-6-4-12/h7H,2-6H2,1H3. The van der Waals surface area contributed by atoms with Gasteiger partial charge in [0.25, 0.3) is 10.0 Å². The van der Waals surface area contributed by atoms with Crippen molar-refractivity contribution in [2.75, 3.05) is 26.3 Å². The smallest absolute Gasteiger partial charge is 0.252 e. The second kappa shape index (κ2) is 5.36. The van der Waals surface area contributed by atoms with E-state index in [4.69, 9.17) is 4.74 Å². The molecule has 1 saturated heterocycles. The van der Waals surface area contributed by atoms with Gasteiger partial charge in [0.05, 0.1) is 10.4 Å². The lowest BCUT2D eigenvalue weighted by Gasteiger charge is -2.17. The first kappa shape index (κ1) is 13.5. The van der Waals surface area contributed by atoms with Crippen LogP contribution in [-0.4, -0.2) is 39.0 Å². The molecule has 0 bridgehead atoms. The summed E-state index contributed by atoms with van der Waals surface area (Å²) in [5.41, 5.74) is 0.958. The molecule has 4 nitrogen and oxygen atoms in total. The van der Waals surface area contributed by atoms with E-state index >= 15 is 0 Å². The molecule has 1 aliphatic rings. The number of nitrogens with zero attached hydrogens (tertiary/aromatic N) is 1. The number of thiophene rings is 1. The van der Waals surface area contributed by atoms with Gasteiger partial charge in [-0.25, -0.2) is 8.42 Å². The van der Waals surface area contributed by atoms with E-state index < -0.39 is 10.0 Å². The molecule has 1 aromatic heterocycles.